The molecule has 1 amide bonds. The van der Waals surface area contributed by atoms with E-state index >= 15 is 0 Å². The van der Waals surface area contributed by atoms with Gasteiger partial charge in [-0.25, -0.2) is 8.93 Å². The molecule has 1 fully saturated rings. The van der Waals surface area contributed by atoms with Gasteiger partial charge in [0.15, 0.2) is 0 Å². The van der Waals surface area contributed by atoms with Crippen LogP contribution in [0.2, 0.25) is 5.02 Å². The van der Waals surface area contributed by atoms with Gasteiger partial charge in [0.25, 0.3) is 0 Å². The van der Waals surface area contributed by atoms with E-state index in [1.54, 1.807) is 6.07 Å². The molecule has 1 N–H and O–H groups in total. The van der Waals surface area contributed by atoms with Crippen molar-refractivity contribution in [2.24, 2.45) is 5.92 Å². The quantitative estimate of drug-likeness (QED) is 0.699. The monoisotopic (exact) mass is 432 g/mol. The third kappa shape index (κ3) is 5.91. The highest BCUT2D eigenvalue weighted by Gasteiger charge is 2.29. The van der Waals surface area contributed by atoms with Crippen LogP contribution in [0.4, 0.5) is 0 Å². The smallest absolute Gasteiger partial charge is 0.240 e. The van der Waals surface area contributed by atoms with Gasteiger partial charge in [-0.05, 0) is 55.7 Å². The third-order valence-corrected chi connectivity index (χ3v) is 7.39. The molecule has 2 atom stereocenters. The zero-order valence-electron chi connectivity index (χ0n) is 17.1. The Labute approximate surface area is 181 Å². The van der Waals surface area contributed by atoms with Crippen molar-refractivity contribution in [1.82, 2.24) is 9.62 Å². The molecule has 3 rings (SSSR count). The molecule has 0 spiro atoms. The molecule has 4 nitrogen and oxygen atoms in total. The largest absolute Gasteiger partial charge is 0.341 e. The summed E-state index contributed by atoms with van der Waals surface area (Å²) >= 11 is 6.30. The number of carbonyl (C=O) groups is 1. The summed E-state index contributed by atoms with van der Waals surface area (Å²) in [5.74, 6) is 0.681. The van der Waals surface area contributed by atoms with E-state index in [2.05, 4.69) is 23.8 Å². The van der Waals surface area contributed by atoms with E-state index in [1.165, 1.54) is 5.56 Å². The molecule has 2 aromatic rings. The van der Waals surface area contributed by atoms with Crippen LogP contribution in [0.3, 0.4) is 0 Å². The molecule has 29 heavy (non-hydrogen) atoms. The minimum atomic E-state index is -1.56. The molecule has 0 bridgehead atoms. The lowest BCUT2D eigenvalue weighted by atomic mass is 9.98. The Morgan fingerprint density at radius 1 is 1.17 bits per heavy atom. The minimum Gasteiger partial charge on any atom is -0.341 e. The fraction of sp³-hybridized carbons (Fsp3) is 0.435. The summed E-state index contributed by atoms with van der Waals surface area (Å²) in [6, 6.07) is 15.0. The molecule has 1 aliphatic rings. The van der Waals surface area contributed by atoms with Crippen LogP contribution in [-0.2, 0) is 22.2 Å². The van der Waals surface area contributed by atoms with Crippen LogP contribution in [0.15, 0.2) is 53.4 Å². The number of nitrogens with zero attached hydrogens (tertiary/aromatic N) is 1. The van der Waals surface area contributed by atoms with Gasteiger partial charge in [-0.1, -0.05) is 61.0 Å². The number of aryl methyl sites for hydroxylation is 2. The number of halogens is 1. The van der Waals surface area contributed by atoms with E-state index in [9.17, 15) is 9.00 Å². The topological polar surface area (TPSA) is 49.4 Å². The van der Waals surface area contributed by atoms with Crippen molar-refractivity contribution in [2.45, 2.75) is 50.5 Å². The molecule has 2 aromatic carbocycles. The van der Waals surface area contributed by atoms with Crippen LogP contribution >= 0.6 is 11.6 Å². The Balaban J connectivity index is 1.76. The Hall–Kier alpha value is -1.69. The van der Waals surface area contributed by atoms with Gasteiger partial charge < -0.3 is 4.90 Å². The average molecular weight is 433 g/mol. The highest BCUT2D eigenvalue weighted by Crippen LogP contribution is 2.24. The van der Waals surface area contributed by atoms with E-state index in [0.717, 1.165) is 37.9 Å². The van der Waals surface area contributed by atoms with Crippen molar-refractivity contribution < 1.29 is 9.00 Å². The SMILES string of the molecule is Cc1cccc(Cl)c1S(=O)NC(CCc1ccccc1)C(=O)N1CCC(C)CC1. The highest BCUT2D eigenvalue weighted by molar-refractivity contribution is 7.83. The molecule has 2 unspecified atom stereocenters. The molecular formula is C23H29ClN2O2S. The second-order valence-electron chi connectivity index (χ2n) is 7.86. The second-order valence-corrected chi connectivity index (χ2v) is 9.45. The Kier molecular flexibility index (Phi) is 7.87. The molecular weight excluding hydrogens is 404 g/mol. The molecule has 1 saturated heterocycles. The van der Waals surface area contributed by atoms with Gasteiger partial charge in [-0.15, -0.1) is 0 Å². The number of hydrogen-bond acceptors (Lipinski definition) is 2. The molecule has 0 saturated carbocycles. The molecule has 1 heterocycles. The first-order valence-corrected chi connectivity index (χ1v) is 11.7. The van der Waals surface area contributed by atoms with E-state index in [4.69, 9.17) is 11.6 Å². The van der Waals surface area contributed by atoms with E-state index in [1.807, 2.05) is 42.2 Å². The summed E-state index contributed by atoms with van der Waals surface area (Å²) in [5, 5.41) is 0.455. The molecule has 1 aliphatic heterocycles. The number of piperidine rings is 1. The number of hydrogen-bond donors (Lipinski definition) is 1. The Bertz CT molecular complexity index is 831. The van der Waals surface area contributed by atoms with Crippen LogP contribution in [0.1, 0.15) is 37.3 Å². The zero-order chi connectivity index (χ0) is 20.8. The zero-order valence-corrected chi connectivity index (χ0v) is 18.6. The summed E-state index contributed by atoms with van der Waals surface area (Å²) in [6.45, 7) is 5.64. The van der Waals surface area contributed by atoms with Crippen molar-refractivity contribution in [1.29, 1.82) is 0 Å². The molecule has 0 aliphatic carbocycles. The summed E-state index contributed by atoms with van der Waals surface area (Å²) in [5.41, 5.74) is 2.02. The van der Waals surface area contributed by atoms with Gasteiger partial charge in [-0.2, -0.15) is 0 Å². The van der Waals surface area contributed by atoms with Gasteiger partial charge in [-0.3, -0.25) is 4.79 Å². The second kappa shape index (κ2) is 10.4. The number of rotatable bonds is 7. The average Bonchev–Trinajstić information content (AvgIpc) is 2.72. The summed E-state index contributed by atoms with van der Waals surface area (Å²) in [6.07, 6.45) is 3.37. The first kappa shape index (κ1) is 22.0. The fourth-order valence-corrected chi connectivity index (χ4v) is 5.31. The highest BCUT2D eigenvalue weighted by atomic mass is 35.5. The maximum Gasteiger partial charge on any atom is 0.240 e. The number of carbonyl (C=O) groups excluding carboxylic acids is 1. The minimum absolute atomic E-state index is 0.0332. The maximum absolute atomic E-state index is 13.3. The van der Waals surface area contributed by atoms with Crippen LogP contribution in [0.5, 0.6) is 0 Å². The van der Waals surface area contributed by atoms with Crippen molar-refractivity contribution in [3.05, 3.63) is 64.7 Å². The van der Waals surface area contributed by atoms with Gasteiger partial charge in [0.1, 0.15) is 11.0 Å². The molecule has 6 heteroatoms. The van der Waals surface area contributed by atoms with Crippen LogP contribution in [-0.4, -0.2) is 34.1 Å². The predicted octanol–water partition coefficient (Wildman–Crippen LogP) is 4.52. The molecule has 0 aromatic heterocycles. The summed E-state index contributed by atoms with van der Waals surface area (Å²) in [4.78, 5) is 15.7. The van der Waals surface area contributed by atoms with Gasteiger partial charge >= 0.3 is 0 Å². The first-order valence-electron chi connectivity index (χ1n) is 10.2. The molecule has 0 radical (unpaired) electrons. The van der Waals surface area contributed by atoms with E-state index in [0.29, 0.717) is 22.3 Å². The number of benzene rings is 2. The first-order chi connectivity index (χ1) is 14.0. The van der Waals surface area contributed by atoms with Crippen molar-refractivity contribution >= 4 is 28.5 Å². The Morgan fingerprint density at radius 3 is 2.52 bits per heavy atom. The normalized spacial score (nSPS) is 17.1. The number of likely N-dealkylation sites (tertiary alicyclic amines) is 1. The number of amides is 1. The van der Waals surface area contributed by atoms with Crippen molar-refractivity contribution in [3.8, 4) is 0 Å². The van der Waals surface area contributed by atoms with Gasteiger partial charge in [0.05, 0.1) is 16.0 Å². The predicted molar refractivity (Wildman–Crippen MR) is 119 cm³/mol. The standard InChI is InChI=1S/C23H29ClN2O2S/c1-17-13-15-26(16-14-17)23(27)21(12-11-19-8-4-3-5-9-19)25-29(28)22-18(2)7-6-10-20(22)24/h3-10,17,21,25H,11-16H2,1-2H3. The van der Waals surface area contributed by atoms with Crippen LogP contribution < -0.4 is 4.72 Å². The third-order valence-electron chi connectivity index (χ3n) is 5.56. The molecule has 156 valence electrons. The van der Waals surface area contributed by atoms with Crippen molar-refractivity contribution in [2.75, 3.05) is 13.1 Å². The van der Waals surface area contributed by atoms with Gasteiger partial charge in [0, 0.05) is 13.1 Å². The van der Waals surface area contributed by atoms with Crippen LogP contribution in [0.25, 0.3) is 0 Å². The lowest BCUT2D eigenvalue weighted by molar-refractivity contribution is -0.134. The lowest BCUT2D eigenvalue weighted by Crippen LogP contribution is -2.49. The fourth-order valence-electron chi connectivity index (χ4n) is 3.68. The number of nitrogens with one attached hydrogen (secondary N) is 1. The van der Waals surface area contributed by atoms with E-state index < -0.39 is 17.0 Å². The lowest BCUT2D eigenvalue weighted by Gasteiger charge is -2.33. The summed E-state index contributed by atoms with van der Waals surface area (Å²) in [7, 11) is -1.56. The Morgan fingerprint density at radius 2 is 1.86 bits per heavy atom. The van der Waals surface area contributed by atoms with Crippen LogP contribution in [0, 0.1) is 12.8 Å². The maximum atomic E-state index is 13.3. The van der Waals surface area contributed by atoms with Gasteiger partial charge in [0.2, 0.25) is 5.91 Å². The van der Waals surface area contributed by atoms with Crippen molar-refractivity contribution in [3.63, 3.8) is 0 Å². The summed E-state index contributed by atoms with van der Waals surface area (Å²) < 4.78 is 16.2. The van der Waals surface area contributed by atoms with E-state index in [-0.39, 0.29) is 5.91 Å².